The third-order valence-corrected chi connectivity index (χ3v) is 6.91. The van der Waals surface area contributed by atoms with Gasteiger partial charge in [-0.15, -0.1) is 0 Å². The molecule has 0 spiro atoms. The number of fused-ring (bicyclic) bond motifs is 1. The maximum atomic E-state index is 6.60. The highest BCUT2D eigenvalue weighted by atomic mass is 35.5. The van der Waals surface area contributed by atoms with E-state index in [0.717, 1.165) is 71.9 Å². The van der Waals surface area contributed by atoms with Gasteiger partial charge in [-0.25, -0.2) is 14.5 Å². The Morgan fingerprint density at radius 1 is 1.18 bits per heavy atom. The molecular formula is C20H26ClN5OS. The first-order valence-electron chi connectivity index (χ1n) is 9.89. The van der Waals surface area contributed by atoms with Crippen molar-refractivity contribution in [3.8, 4) is 10.6 Å². The van der Waals surface area contributed by atoms with Crippen molar-refractivity contribution in [1.29, 1.82) is 0 Å². The predicted molar refractivity (Wildman–Crippen MR) is 115 cm³/mol. The Labute approximate surface area is 174 Å². The number of halogens is 1. The smallest absolute Gasteiger partial charge is 0.187 e. The summed E-state index contributed by atoms with van der Waals surface area (Å²) in [5.74, 6) is 0.472. The standard InChI is InChI=1S/C20H26ClN5OS/c1-5-14(6-2)15-11-12(3)24-26-16(13(4)22-19(15)26)17-18(21)23-20(28-17)25-7-9-27-10-8-25/h11,14H,5-10H2,1-4H3. The van der Waals surface area contributed by atoms with E-state index >= 15 is 0 Å². The van der Waals surface area contributed by atoms with Crippen LogP contribution in [0.15, 0.2) is 6.07 Å². The maximum Gasteiger partial charge on any atom is 0.187 e. The largest absolute Gasteiger partial charge is 0.378 e. The van der Waals surface area contributed by atoms with Crippen LogP contribution in [0.2, 0.25) is 5.15 Å². The van der Waals surface area contributed by atoms with Gasteiger partial charge in [-0.3, -0.25) is 0 Å². The molecule has 0 amide bonds. The van der Waals surface area contributed by atoms with Crippen molar-refractivity contribution in [3.05, 3.63) is 28.2 Å². The number of imidazole rings is 1. The van der Waals surface area contributed by atoms with Gasteiger partial charge in [-0.05, 0) is 38.7 Å². The van der Waals surface area contributed by atoms with Gasteiger partial charge in [-0.2, -0.15) is 5.10 Å². The van der Waals surface area contributed by atoms with E-state index in [9.17, 15) is 0 Å². The Kier molecular flexibility index (Phi) is 5.58. The molecule has 1 aliphatic rings. The number of morpholine rings is 1. The average molecular weight is 420 g/mol. The van der Waals surface area contributed by atoms with Crippen LogP contribution < -0.4 is 4.90 Å². The highest BCUT2D eigenvalue weighted by Gasteiger charge is 2.25. The number of hydrogen-bond donors (Lipinski definition) is 0. The topological polar surface area (TPSA) is 55.5 Å². The van der Waals surface area contributed by atoms with Crippen LogP contribution in [0, 0.1) is 13.8 Å². The van der Waals surface area contributed by atoms with Crippen molar-refractivity contribution >= 4 is 33.7 Å². The zero-order chi connectivity index (χ0) is 19.8. The molecule has 150 valence electrons. The van der Waals surface area contributed by atoms with Crippen LogP contribution in [0.3, 0.4) is 0 Å². The number of thiazole rings is 1. The zero-order valence-electron chi connectivity index (χ0n) is 16.8. The second kappa shape index (κ2) is 7.97. The number of aryl methyl sites for hydroxylation is 2. The number of nitrogens with zero attached hydrogens (tertiary/aromatic N) is 5. The molecule has 0 unspecified atom stereocenters. The maximum absolute atomic E-state index is 6.60. The second-order valence-corrected chi connectivity index (χ2v) is 8.59. The summed E-state index contributed by atoms with van der Waals surface area (Å²) in [6.07, 6.45) is 2.17. The van der Waals surface area contributed by atoms with Crippen LogP contribution in [0.25, 0.3) is 16.2 Å². The first-order valence-corrected chi connectivity index (χ1v) is 11.1. The second-order valence-electron chi connectivity index (χ2n) is 7.25. The van der Waals surface area contributed by atoms with Gasteiger partial charge in [0.15, 0.2) is 15.9 Å². The fourth-order valence-corrected chi connectivity index (χ4v) is 5.32. The number of ether oxygens (including phenoxy) is 1. The molecular weight excluding hydrogens is 394 g/mol. The minimum Gasteiger partial charge on any atom is -0.378 e. The summed E-state index contributed by atoms with van der Waals surface area (Å²) in [6, 6.07) is 2.18. The average Bonchev–Trinajstić information content (AvgIpc) is 3.22. The molecule has 0 aliphatic carbocycles. The van der Waals surface area contributed by atoms with E-state index in [1.54, 1.807) is 11.3 Å². The van der Waals surface area contributed by atoms with Gasteiger partial charge in [0.25, 0.3) is 0 Å². The Morgan fingerprint density at radius 2 is 1.89 bits per heavy atom. The molecule has 1 aliphatic heterocycles. The van der Waals surface area contributed by atoms with Crippen LogP contribution in [0.5, 0.6) is 0 Å². The molecule has 0 saturated carbocycles. The first kappa shape index (κ1) is 19.6. The third kappa shape index (κ3) is 3.40. The van der Waals surface area contributed by atoms with Crippen LogP contribution in [-0.4, -0.2) is 45.9 Å². The van der Waals surface area contributed by atoms with Crippen molar-refractivity contribution in [1.82, 2.24) is 19.6 Å². The molecule has 3 aromatic heterocycles. The lowest BCUT2D eigenvalue weighted by molar-refractivity contribution is 0.122. The molecule has 0 radical (unpaired) electrons. The van der Waals surface area contributed by atoms with Crippen molar-refractivity contribution < 1.29 is 4.74 Å². The van der Waals surface area contributed by atoms with Gasteiger partial charge >= 0.3 is 0 Å². The summed E-state index contributed by atoms with van der Waals surface area (Å²) in [5.41, 5.74) is 5.07. The van der Waals surface area contributed by atoms with Gasteiger partial charge in [0.05, 0.1) is 29.5 Å². The molecule has 3 aromatic rings. The summed E-state index contributed by atoms with van der Waals surface area (Å²) in [7, 11) is 0. The molecule has 1 saturated heterocycles. The van der Waals surface area contributed by atoms with Crippen molar-refractivity contribution in [3.63, 3.8) is 0 Å². The van der Waals surface area contributed by atoms with Crippen LogP contribution in [-0.2, 0) is 4.74 Å². The van der Waals surface area contributed by atoms with E-state index in [1.807, 2.05) is 18.4 Å². The van der Waals surface area contributed by atoms with E-state index in [-0.39, 0.29) is 0 Å². The molecule has 8 heteroatoms. The van der Waals surface area contributed by atoms with Crippen molar-refractivity contribution in [2.24, 2.45) is 0 Å². The molecule has 0 N–H and O–H groups in total. The molecule has 1 fully saturated rings. The Balaban J connectivity index is 1.85. The van der Waals surface area contributed by atoms with Gasteiger partial charge in [0.1, 0.15) is 5.69 Å². The van der Waals surface area contributed by atoms with E-state index in [4.69, 9.17) is 26.4 Å². The van der Waals surface area contributed by atoms with E-state index < -0.39 is 0 Å². The number of hydrogen-bond acceptors (Lipinski definition) is 6. The lowest BCUT2D eigenvalue weighted by Gasteiger charge is -2.25. The lowest BCUT2D eigenvalue weighted by atomic mass is 9.95. The normalized spacial score (nSPS) is 15.1. The molecule has 28 heavy (non-hydrogen) atoms. The van der Waals surface area contributed by atoms with Crippen LogP contribution in [0.4, 0.5) is 5.13 Å². The fraction of sp³-hybridized carbons (Fsp3) is 0.550. The molecule has 4 heterocycles. The Bertz CT molecular complexity index is 988. The number of anilines is 1. The quantitative estimate of drug-likeness (QED) is 0.590. The summed E-state index contributed by atoms with van der Waals surface area (Å²) in [5, 5.41) is 6.24. The van der Waals surface area contributed by atoms with Crippen molar-refractivity contribution in [2.45, 2.75) is 46.5 Å². The summed E-state index contributed by atoms with van der Waals surface area (Å²) in [4.78, 5) is 12.7. The lowest BCUT2D eigenvalue weighted by Crippen LogP contribution is -2.36. The monoisotopic (exact) mass is 419 g/mol. The van der Waals surface area contributed by atoms with Crippen LogP contribution in [0.1, 0.15) is 49.6 Å². The minimum absolute atomic E-state index is 0.472. The minimum atomic E-state index is 0.472. The zero-order valence-corrected chi connectivity index (χ0v) is 18.4. The highest BCUT2D eigenvalue weighted by molar-refractivity contribution is 7.19. The molecule has 4 rings (SSSR count). The Morgan fingerprint density at radius 3 is 2.57 bits per heavy atom. The number of aromatic nitrogens is 4. The van der Waals surface area contributed by atoms with E-state index in [1.165, 1.54) is 5.56 Å². The fourth-order valence-electron chi connectivity index (χ4n) is 3.90. The van der Waals surface area contributed by atoms with E-state index in [2.05, 4.69) is 29.8 Å². The molecule has 0 atom stereocenters. The van der Waals surface area contributed by atoms with Gasteiger partial charge in [-0.1, -0.05) is 36.8 Å². The van der Waals surface area contributed by atoms with Crippen molar-refractivity contribution in [2.75, 3.05) is 31.2 Å². The molecule has 0 aromatic carbocycles. The van der Waals surface area contributed by atoms with Gasteiger partial charge in [0, 0.05) is 18.7 Å². The van der Waals surface area contributed by atoms with Gasteiger partial charge in [0.2, 0.25) is 0 Å². The summed E-state index contributed by atoms with van der Waals surface area (Å²) >= 11 is 8.21. The van der Waals surface area contributed by atoms with Gasteiger partial charge < -0.3 is 9.64 Å². The first-order chi connectivity index (χ1) is 13.5. The SMILES string of the molecule is CCC(CC)c1cc(C)nn2c(-c3sc(N4CCOCC4)nc3Cl)c(C)nc12. The molecule has 0 bridgehead atoms. The summed E-state index contributed by atoms with van der Waals surface area (Å²) in [6.45, 7) is 11.6. The molecule has 6 nitrogen and oxygen atoms in total. The van der Waals surface area contributed by atoms with E-state index in [0.29, 0.717) is 11.1 Å². The highest BCUT2D eigenvalue weighted by Crippen LogP contribution is 2.40. The summed E-state index contributed by atoms with van der Waals surface area (Å²) < 4.78 is 7.43. The van der Waals surface area contributed by atoms with Crippen LogP contribution >= 0.6 is 22.9 Å². The third-order valence-electron chi connectivity index (χ3n) is 5.41. The number of rotatable bonds is 5. The Hall–Kier alpha value is -1.70. The predicted octanol–water partition coefficient (Wildman–Crippen LogP) is 4.86.